The van der Waals surface area contributed by atoms with Gasteiger partial charge in [-0.1, -0.05) is 20.8 Å². The van der Waals surface area contributed by atoms with Gasteiger partial charge in [0.25, 0.3) is 0 Å². The Morgan fingerprint density at radius 2 is 1.82 bits per heavy atom. The van der Waals surface area contributed by atoms with Crippen LogP contribution in [0.15, 0.2) is 0 Å². The SMILES string of the molecule is CC(C)(C)C1CCN(C(=O)OC2CCCC2)C1. The number of ether oxygens (including phenoxy) is 1. The average molecular weight is 239 g/mol. The zero-order valence-electron chi connectivity index (χ0n) is 11.4. The Bertz CT molecular complexity index is 276. The lowest BCUT2D eigenvalue weighted by Gasteiger charge is -2.27. The molecule has 2 fully saturated rings. The van der Waals surface area contributed by atoms with E-state index in [1.165, 1.54) is 12.8 Å². The quantitative estimate of drug-likeness (QED) is 0.701. The number of nitrogens with zero attached hydrogens (tertiary/aromatic N) is 1. The highest BCUT2D eigenvalue weighted by atomic mass is 16.6. The van der Waals surface area contributed by atoms with Crippen molar-refractivity contribution in [2.45, 2.75) is 59.0 Å². The van der Waals surface area contributed by atoms with Crippen molar-refractivity contribution in [1.82, 2.24) is 4.90 Å². The van der Waals surface area contributed by atoms with Crippen LogP contribution in [0.2, 0.25) is 0 Å². The summed E-state index contributed by atoms with van der Waals surface area (Å²) >= 11 is 0. The molecule has 0 aromatic heterocycles. The molecule has 1 saturated heterocycles. The van der Waals surface area contributed by atoms with Crippen LogP contribution in [0.5, 0.6) is 0 Å². The summed E-state index contributed by atoms with van der Waals surface area (Å²) in [6.07, 6.45) is 5.76. The molecule has 3 nitrogen and oxygen atoms in total. The summed E-state index contributed by atoms with van der Waals surface area (Å²) < 4.78 is 5.54. The van der Waals surface area contributed by atoms with E-state index >= 15 is 0 Å². The van der Waals surface area contributed by atoms with E-state index in [9.17, 15) is 4.79 Å². The predicted molar refractivity (Wildman–Crippen MR) is 67.9 cm³/mol. The molecule has 1 unspecified atom stereocenters. The van der Waals surface area contributed by atoms with E-state index in [4.69, 9.17) is 4.74 Å². The molecule has 1 heterocycles. The fraction of sp³-hybridized carbons (Fsp3) is 0.929. The van der Waals surface area contributed by atoms with Crippen molar-refractivity contribution >= 4 is 6.09 Å². The minimum Gasteiger partial charge on any atom is -0.446 e. The highest BCUT2D eigenvalue weighted by molar-refractivity contribution is 5.68. The molecular weight excluding hydrogens is 214 g/mol. The monoisotopic (exact) mass is 239 g/mol. The highest BCUT2D eigenvalue weighted by Crippen LogP contribution is 2.34. The van der Waals surface area contributed by atoms with Crippen LogP contribution in [-0.4, -0.2) is 30.2 Å². The van der Waals surface area contributed by atoms with Gasteiger partial charge in [0.1, 0.15) is 6.10 Å². The van der Waals surface area contributed by atoms with Crippen molar-refractivity contribution < 1.29 is 9.53 Å². The lowest BCUT2D eigenvalue weighted by atomic mass is 9.80. The van der Waals surface area contributed by atoms with E-state index in [1.807, 2.05) is 4.90 Å². The average Bonchev–Trinajstić information content (AvgIpc) is 2.85. The molecule has 1 amide bonds. The van der Waals surface area contributed by atoms with Crippen LogP contribution in [0.4, 0.5) is 4.79 Å². The fourth-order valence-corrected chi connectivity index (χ4v) is 2.86. The topological polar surface area (TPSA) is 29.5 Å². The molecule has 98 valence electrons. The summed E-state index contributed by atoms with van der Waals surface area (Å²) in [5.41, 5.74) is 0.294. The van der Waals surface area contributed by atoms with Gasteiger partial charge in [-0.2, -0.15) is 0 Å². The predicted octanol–water partition coefficient (Wildman–Crippen LogP) is 3.43. The van der Waals surface area contributed by atoms with Crippen molar-refractivity contribution in [3.05, 3.63) is 0 Å². The smallest absolute Gasteiger partial charge is 0.410 e. The number of likely N-dealkylation sites (tertiary alicyclic amines) is 1. The van der Waals surface area contributed by atoms with Gasteiger partial charge in [0, 0.05) is 13.1 Å². The number of rotatable bonds is 1. The van der Waals surface area contributed by atoms with Crippen molar-refractivity contribution in [1.29, 1.82) is 0 Å². The van der Waals surface area contributed by atoms with E-state index in [1.54, 1.807) is 0 Å². The molecule has 0 N–H and O–H groups in total. The van der Waals surface area contributed by atoms with Gasteiger partial charge in [-0.05, 0) is 43.4 Å². The maximum Gasteiger partial charge on any atom is 0.410 e. The standard InChI is InChI=1S/C14H25NO2/c1-14(2,3)11-8-9-15(10-11)13(16)17-12-6-4-5-7-12/h11-12H,4-10H2,1-3H3. The zero-order valence-corrected chi connectivity index (χ0v) is 11.4. The number of hydrogen-bond acceptors (Lipinski definition) is 2. The molecule has 0 radical (unpaired) electrons. The molecule has 1 saturated carbocycles. The molecule has 1 aliphatic carbocycles. The highest BCUT2D eigenvalue weighted by Gasteiger charge is 2.35. The molecule has 0 aromatic carbocycles. The minimum absolute atomic E-state index is 0.0800. The second-order valence-electron chi connectivity index (χ2n) is 6.59. The van der Waals surface area contributed by atoms with Gasteiger partial charge in [-0.3, -0.25) is 0 Å². The molecule has 1 aliphatic heterocycles. The molecule has 0 bridgehead atoms. The van der Waals surface area contributed by atoms with Gasteiger partial charge in [0.15, 0.2) is 0 Å². The van der Waals surface area contributed by atoms with Gasteiger partial charge in [0.05, 0.1) is 0 Å². The molecule has 0 aromatic rings. The van der Waals surface area contributed by atoms with Crippen LogP contribution in [0, 0.1) is 11.3 Å². The molecule has 0 spiro atoms. The maximum absolute atomic E-state index is 12.0. The number of amides is 1. The summed E-state index contributed by atoms with van der Waals surface area (Å²) in [5, 5.41) is 0. The molecule has 3 heteroatoms. The van der Waals surface area contributed by atoms with Crippen molar-refractivity contribution in [3.63, 3.8) is 0 Å². The Balaban J connectivity index is 1.81. The van der Waals surface area contributed by atoms with Crippen LogP contribution >= 0.6 is 0 Å². The van der Waals surface area contributed by atoms with Crippen LogP contribution in [0.1, 0.15) is 52.9 Å². The largest absolute Gasteiger partial charge is 0.446 e. The lowest BCUT2D eigenvalue weighted by Crippen LogP contribution is -2.33. The Morgan fingerprint density at radius 3 is 2.35 bits per heavy atom. The van der Waals surface area contributed by atoms with Crippen LogP contribution in [0.25, 0.3) is 0 Å². The van der Waals surface area contributed by atoms with E-state index in [0.717, 1.165) is 32.4 Å². The third kappa shape index (κ3) is 3.14. The van der Waals surface area contributed by atoms with E-state index < -0.39 is 0 Å². The Hall–Kier alpha value is -0.730. The van der Waals surface area contributed by atoms with E-state index in [-0.39, 0.29) is 12.2 Å². The molecule has 2 rings (SSSR count). The third-order valence-corrected chi connectivity index (χ3v) is 4.24. The third-order valence-electron chi connectivity index (χ3n) is 4.24. The first-order valence-electron chi connectivity index (χ1n) is 6.92. The van der Waals surface area contributed by atoms with Crippen LogP contribution < -0.4 is 0 Å². The Morgan fingerprint density at radius 1 is 1.18 bits per heavy atom. The summed E-state index contributed by atoms with van der Waals surface area (Å²) in [5.74, 6) is 0.610. The first-order valence-corrected chi connectivity index (χ1v) is 6.92. The van der Waals surface area contributed by atoms with Crippen LogP contribution in [0.3, 0.4) is 0 Å². The first kappa shape index (κ1) is 12.7. The van der Waals surface area contributed by atoms with Crippen molar-refractivity contribution in [3.8, 4) is 0 Å². The Kier molecular flexibility index (Phi) is 3.64. The van der Waals surface area contributed by atoms with E-state index in [2.05, 4.69) is 20.8 Å². The number of carbonyl (C=O) groups is 1. The number of hydrogen-bond donors (Lipinski definition) is 0. The number of carbonyl (C=O) groups excluding carboxylic acids is 1. The molecular formula is C14H25NO2. The normalized spacial score (nSPS) is 26.5. The van der Waals surface area contributed by atoms with Gasteiger partial charge in [0.2, 0.25) is 0 Å². The summed E-state index contributed by atoms with van der Waals surface area (Å²) in [6, 6.07) is 0. The summed E-state index contributed by atoms with van der Waals surface area (Å²) in [4.78, 5) is 13.9. The molecule has 2 aliphatic rings. The van der Waals surface area contributed by atoms with Crippen LogP contribution in [-0.2, 0) is 4.74 Å². The Labute approximate surface area is 105 Å². The maximum atomic E-state index is 12.0. The summed E-state index contributed by atoms with van der Waals surface area (Å²) in [7, 11) is 0. The van der Waals surface area contributed by atoms with Gasteiger partial charge >= 0.3 is 6.09 Å². The fourth-order valence-electron chi connectivity index (χ4n) is 2.86. The summed E-state index contributed by atoms with van der Waals surface area (Å²) in [6.45, 7) is 8.50. The first-order chi connectivity index (χ1) is 7.97. The second-order valence-corrected chi connectivity index (χ2v) is 6.59. The van der Waals surface area contributed by atoms with E-state index in [0.29, 0.717) is 11.3 Å². The van der Waals surface area contributed by atoms with Gasteiger partial charge < -0.3 is 9.64 Å². The van der Waals surface area contributed by atoms with Crippen molar-refractivity contribution in [2.75, 3.05) is 13.1 Å². The lowest BCUT2D eigenvalue weighted by molar-refractivity contribution is 0.0689. The zero-order chi connectivity index (χ0) is 12.5. The molecule has 17 heavy (non-hydrogen) atoms. The second kappa shape index (κ2) is 4.87. The minimum atomic E-state index is -0.0800. The van der Waals surface area contributed by atoms with Gasteiger partial charge in [-0.25, -0.2) is 4.79 Å². The molecule has 1 atom stereocenters. The van der Waals surface area contributed by atoms with Gasteiger partial charge in [-0.15, -0.1) is 0 Å². The van der Waals surface area contributed by atoms with Crippen molar-refractivity contribution in [2.24, 2.45) is 11.3 Å².